The average molecular weight is 458 g/mol. The van der Waals surface area contributed by atoms with E-state index in [9.17, 15) is 23.1 Å². The first kappa shape index (κ1) is 21.3. The number of carboxylic acids is 1. The highest BCUT2D eigenvalue weighted by Gasteiger charge is 2.48. The molecule has 10 heteroatoms. The number of anilines is 2. The lowest BCUT2D eigenvalue weighted by Crippen LogP contribution is -2.60. The molecule has 0 atom stereocenters. The van der Waals surface area contributed by atoms with Crippen LogP contribution in [0.5, 0.6) is 0 Å². The molecule has 5 rings (SSSR count). The molecule has 1 aromatic carbocycles. The number of carbonyl (C=O) groups is 1. The minimum Gasteiger partial charge on any atom is -0.477 e. The molecule has 2 aliphatic rings. The zero-order chi connectivity index (χ0) is 23.2. The molecule has 0 bridgehead atoms. The number of aromatic nitrogens is 2. The van der Waals surface area contributed by atoms with E-state index in [1.54, 1.807) is 12.1 Å². The zero-order valence-corrected chi connectivity index (χ0v) is 17.5. The van der Waals surface area contributed by atoms with Crippen molar-refractivity contribution in [1.82, 2.24) is 9.97 Å². The fraction of sp³-hybridized carbons (Fsp3) is 0.348. The molecule has 3 heterocycles. The van der Waals surface area contributed by atoms with Gasteiger partial charge in [-0.25, -0.2) is 9.78 Å². The molecule has 0 unspecified atom stereocenters. The van der Waals surface area contributed by atoms with Gasteiger partial charge in [-0.1, -0.05) is 18.6 Å². The number of aromatic carboxylic acids is 1. The minimum absolute atomic E-state index is 0.0332. The van der Waals surface area contributed by atoms with E-state index in [0.29, 0.717) is 16.9 Å². The first-order valence-electron chi connectivity index (χ1n) is 10.6. The van der Waals surface area contributed by atoms with Gasteiger partial charge in [-0.05, 0) is 42.7 Å². The van der Waals surface area contributed by atoms with Gasteiger partial charge < -0.3 is 19.7 Å². The number of nitrogens with one attached hydrogen (secondary N) is 1. The van der Waals surface area contributed by atoms with Crippen molar-refractivity contribution < 1.29 is 27.5 Å². The summed E-state index contributed by atoms with van der Waals surface area (Å²) in [6, 6.07) is 8.11. The molecule has 1 aliphatic heterocycles. The van der Waals surface area contributed by atoms with E-state index in [2.05, 4.69) is 15.3 Å². The lowest BCUT2D eigenvalue weighted by Gasteiger charge is -2.55. The third-order valence-corrected chi connectivity index (χ3v) is 6.33. The van der Waals surface area contributed by atoms with Gasteiger partial charge in [0, 0.05) is 25.0 Å². The molecule has 1 saturated heterocycles. The summed E-state index contributed by atoms with van der Waals surface area (Å²) < 4.78 is 44.6. The maximum absolute atomic E-state index is 13.1. The maximum atomic E-state index is 13.1. The Morgan fingerprint density at radius 2 is 1.97 bits per heavy atom. The van der Waals surface area contributed by atoms with Crippen molar-refractivity contribution in [3.05, 3.63) is 59.4 Å². The van der Waals surface area contributed by atoms with Crippen molar-refractivity contribution in [2.45, 2.75) is 32.0 Å². The fourth-order valence-corrected chi connectivity index (χ4v) is 4.45. The van der Waals surface area contributed by atoms with Crippen molar-refractivity contribution in [3.63, 3.8) is 0 Å². The zero-order valence-electron chi connectivity index (χ0n) is 17.5. The van der Waals surface area contributed by atoms with Crippen LogP contribution in [0.2, 0.25) is 0 Å². The minimum atomic E-state index is -4.47. The predicted octanol–water partition coefficient (Wildman–Crippen LogP) is 5.06. The highest BCUT2D eigenvalue weighted by molar-refractivity contribution is 5.99. The standard InChI is InChI=1S/C23H21F3N4O3/c24-23(25,26)15-5-1-4-14(10-15)11-27-19-17(20(31)32)18(16-6-2-9-33-16)28-21(29-19)30-12-22(13-30)7-3-8-22/h1-2,4-6,9-10H,3,7-8,11-13H2,(H,31,32)(H,27,28,29). The van der Waals surface area contributed by atoms with Crippen molar-refractivity contribution >= 4 is 17.7 Å². The van der Waals surface area contributed by atoms with Gasteiger partial charge in [-0.15, -0.1) is 0 Å². The lowest BCUT2D eigenvalue weighted by atomic mass is 9.64. The maximum Gasteiger partial charge on any atom is 0.416 e. The van der Waals surface area contributed by atoms with Crippen LogP contribution in [-0.4, -0.2) is 34.1 Å². The number of alkyl halides is 3. The Labute approximate surface area is 187 Å². The van der Waals surface area contributed by atoms with Crippen LogP contribution >= 0.6 is 0 Å². The number of halogens is 3. The Bertz CT molecular complexity index is 1180. The number of benzene rings is 1. The normalized spacial score (nSPS) is 16.9. The molecule has 3 aromatic rings. The Morgan fingerprint density at radius 3 is 2.58 bits per heavy atom. The predicted molar refractivity (Wildman–Crippen MR) is 114 cm³/mol. The van der Waals surface area contributed by atoms with Crippen LogP contribution in [0.25, 0.3) is 11.5 Å². The third-order valence-electron chi connectivity index (χ3n) is 6.33. The summed E-state index contributed by atoms with van der Waals surface area (Å²) in [7, 11) is 0. The second-order valence-electron chi connectivity index (χ2n) is 8.64. The highest BCUT2D eigenvalue weighted by Crippen LogP contribution is 2.49. The molecular formula is C23H21F3N4O3. The SMILES string of the molecule is O=C(O)c1c(NCc2cccc(C(F)(F)F)c2)nc(N2CC3(CCC3)C2)nc1-c1ccco1. The number of nitrogens with zero attached hydrogens (tertiary/aromatic N) is 3. The van der Waals surface area contributed by atoms with E-state index in [0.717, 1.165) is 38.1 Å². The number of carboxylic acid groups (broad SMARTS) is 1. The summed E-state index contributed by atoms with van der Waals surface area (Å²) in [5.74, 6) is -0.586. The summed E-state index contributed by atoms with van der Waals surface area (Å²) in [4.78, 5) is 23.1. The third kappa shape index (κ3) is 4.01. The molecule has 2 aromatic heterocycles. The van der Waals surface area contributed by atoms with Gasteiger partial charge in [0.05, 0.1) is 11.8 Å². The van der Waals surface area contributed by atoms with E-state index in [1.807, 2.05) is 4.90 Å². The topological polar surface area (TPSA) is 91.5 Å². The quantitative estimate of drug-likeness (QED) is 0.534. The number of hydrogen-bond acceptors (Lipinski definition) is 6. The number of rotatable bonds is 6. The van der Waals surface area contributed by atoms with Gasteiger partial charge in [-0.2, -0.15) is 18.2 Å². The van der Waals surface area contributed by atoms with Crippen molar-refractivity contribution in [2.75, 3.05) is 23.3 Å². The smallest absolute Gasteiger partial charge is 0.416 e. The number of furan rings is 1. The molecule has 1 aliphatic carbocycles. The molecular weight excluding hydrogens is 437 g/mol. The van der Waals surface area contributed by atoms with Gasteiger partial charge in [0.15, 0.2) is 5.76 Å². The molecule has 0 amide bonds. The van der Waals surface area contributed by atoms with E-state index < -0.39 is 17.7 Å². The fourth-order valence-electron chi connectivity index (χ4n) is 4.45. The Kier molecular flexibility index (Phi) is 5.02. The van der Waals surface area contributed by atoms with Crippen molar-refractivity contribution in [3.8, 4) is 11.5 Å². The summed E-state index contributed by atoms with van der Waals surface area (Å²) in [6.45, 7) is 1.55. The second kappa shape index (κ2) is 7.79. The van der Waals surface area contributed by atoms with Gasteiger partial charge in [-0.3, -0.25) is 0 Å². The molecule has 1 saturated carbocycles. The molecule has 0 radical (unpaired) electrons. The first-order valence-corrected chi connectivity index (χ1v) is 10.6. The van der Waals surface area contributed by atoms with Crippen molar-refractivity contribution in [1.29, 1.82) is 0 Å². The largest absolute Gasteiger partial charge is 0.477 e. The van der Waals surface area contributed by atoms with Crippen LogP contribution in [0.15, 0.2) is 47.1 Å². The van der Waals surface area contributed by atoms with Crippen molar-refractivity contribution in [2.24, 2.45) is 5.41 Å². The van der Waals surface area contributed by atoms with Gasteiger partial charge >= 0.3 is 12.1 Å². The highest BCUT2D eigenvalue weighted by atomic mass is 19.4. The van der Waals surface area contributed by atoms with Crippen LogP contribution in [-0.2, 0) is 12.7 Å². The first-order chi connectivity index (χ1) is 15.7. The summed E-state index contributed by atoms with van der Waals surface area (Å²) in [6.07, 6.45) is 0.468. The van der Waals surface area contributed by atoms with Crippen LogP contribution in [0, 0.1) is 5.41 Å². The molecule has 2 fully saturated rings. The van der Waals surface area contributed by atoms with E-state index in [-0.39, 0.29) is 29.4 Å². The van der Waals surface area contributed by atoms with E-state index in [1.165, 1.54) is 24.8 Å². The van der Waals surface area contributed by atoms with Crippen LogP contribution in [0.4, 0.5) is 24.9 Å². The molecule has 1 spiro atoms. The summed E-state index contributed by atoms with van der Waals surface area (Å²) >= 11 is 0. The molecule has 33 heavy (non-hydrogen) atoms. The van der Waals surface area contributed by atoms with Gasteiger partial charge in [0.25, 0.3) is 0 Å². The van der Waals surface area contributed by atoms with Gasteiger partial charge in [0.2, 0.25) is 5.95 Å². The Morgan fingerprint density at radius 1 is 1.18 bits per heavy atom. The lowest BCUT2D eigenvalue weighted by molar-refractivity contribution is -0.137. The van der Waals surface area contributed by atoms with Crippen LogP contribution in [0.1, 0.15) is 40.7 Å². The van der Waals surface area contributed by atoms with Crippen LogP contribution < -0.4 is 10.2 Å². The Hall–Kier alpha value is -3.56. The number of hydrogen-bond donors (Lipinski definition) is 2. The summed E-state index contributed by atoms with van der Waals surface area (Å²) in [5.41, 5.74) is -0.201. The van der Waals surface area contributed by atoms with Crippen LogP contribution in [0.3, 0.4) is 0 Å². The monoisotopic (exact) mass is 458 g/mol. The molecule has 172 valence electrons. The Balaban J connectivity index is 1.49. The van der Waals surface area contributed by atoms with E-state index in [4.69, 9.17) is 4.42 Å². The summed E-state index contributed by atoms with van der Waals surface area (Å²) in [5, 5.41) is 12.8. The second-order valence-corrected chi connectivity index (χ2v) is 8.64. The van der Waals surface area contributed by atoms with Gasteiger partial charge in [0.1, 0.15) is 17.1 Å². The average Bonchev–Trinajstić information content (AvgIpc) is 3.24. The molecule has 2 N–H and O–H groups in total. The van der Waals surface area contributed by atoms with E-state index >= 15 is 0 Å². The molecule has 7 nitrogen and oxygen atoms in total.